The van der Waals surface area contributed by atoms with Gasteiger partial charge < -0.3 is 11.1 Å². The minimum absolute atomic E-state index is 0.126. The molecule has 1 aromatic rings. The molecule has 0 aliphatic rings. The molecule has 1 aromatic heterocycles. The van der Waals surface area contributed by atoms with Gasteiger partial charge in [-0.25, -0.2) is 0 Å². The van der Waals surface area contributed by atoms with Crippen molar-refractivity contribution >= 4 is 33.2 Å². The van der Waals surface area contributed by atoms with Crippen molar-refractivity contribution in [2.75, 3.05) is 6.54 Å². The van der Waals surface area contributed by atoms with Crippen LogP contribution >= 0.6 is 27.3 Å². The zero-order chi connectivity index (χ0) is 12.7. The van der Waals surface area contributed by atoms with Crippen molar-refractivity contribution in [3.05, 3.63) is 20.8 Å². The number of hydrogen-bond acceptors (Lipinski definition) is 3. The molecule has 1 amide bonds. The summed E-state index contributed by atoms with van der Waals surface area (Å²) >= 11 is 5.13. The lowest BCUT2D eigenvalue weighted by Crippen LogP contribution is -2.25. The van der Waals surface area contributed by atoms with Crippen LogP contribution in [0, 0.1) is 0 Å². The van der Waals surface area contributed by atoms with Gasteiger partial charge in [0.1, 0.15) is 0 Å². The van der Waals surface area contributed by atoms with Crippen molar-refractivity contribution in [3.63, 3.8) is 0 Å². The third-order valence-corrected chi connectivity index (χ3v) is 4.07. The van der Waals surface area contributed by atoms with Crippen LogP contribution in [0.15, 0.2) is 15.9 Å². The van der Waals surface area contributed by atoms with E-state index in [9.17, 15) is 4.79 Å². The predicted octanol–water partition coefficient (Wildman–Crippen LogP) is 2.69. The van der Waals surface area contributed by atoms with Gasteiger partial charge in [-0.2, -0.15) is 0 Å². The molecule has 0 fully saturated rings. The molecule has 5 heteroatoms. The van der Waals surface area contributed by atoms with Crippen molar-refractivity contribution in [1.82, 2.24) is 5.32 Å². The predicted molar refractivity (Wildman–Crippen MR) is 76.2 cm³/mol. The van der Waals surface area contributed by atoms with Crippen LogP contribution in [0.3, 0.4) is 0 Å². The third kappa shape index (κ3) is 6.81. The third-order valence-electron chi connectivity index (χ3n) is 2.39. The lowest BCUT2D eigenvalue weighted by atomic mass is 10.1. The Balaban J connectivity index is 2.08. The van der Waals surface area contributed by atoms with E-state index >= 15 is 0 Å². The summed E-state index contributed by atoms with van der Waals surface area (Å²) in [7, 11) is 0. The van der Waals surface area contributed by atoms with Gasteiger partial charge in [-0.3, -0.25) is 4.79 Å². The van der Waals surface area contributed by atoms with E-state index in [0.717, 1.165) is 23.0 Å². The van der Waals surface area contributed by atoms with Crippen molar-refractivity contribution in [1.29, 1.82) is 0 Å². The number of rotatable bonds is 7. The minimum Gasteiger partial charge on any atom is -0.356 e. The number of nitrogens with one attached hydrogen (secondary N) is 1. The zero-order valence-electron chi connectivity index (χ0n) is 10.0. The van der Waals surface area contributed by atoms with E-state index in [1.165, 1.54) is 4.88 Å². The van der Waals surface area contributed by atoms with Crippen LogP contribution in [-0.2, 0) is 11.2 Å². The number of halogens is 1. The molecule has 0 aliphatic heterocycles. The Morgan fingerprint density at radius 2 is 2.35 bits per heavy atom. The molecule has 0 aliphatic carbocycles. The highest BCUT2D eigenvalue weighted by Crippen LogP contribution is 2.21. The first kappa shape index (κ1) is 14.7. The van der Waals surface area contributed by atoms with E-state index in [1.807, 2.05) is 13.0 Å². The second-order valence-electron chi connectivity index (χ2n) is 4.18. The Hall–Kier alpha value is -0.390. The molecular weight excluding hydrogens is 300 g/mol. The second kappa shape index (κ2) is 7.84. The Labute approximate surface area is 115 Å². The maximum Gasteiger partial charge on any atom is 0.220 e. The Bertz CT molecular complexity index is 352. The van der Waals surface area contributed by atoms with Crippen LogP contribution in [-0.4, -0.2) is 18.5 Å². The summed E-state index contributed by atoms with van der Waals surface area (Å²) < 4.78 is 1.13. The van der Waals surface area contributed by atoms with E-state index in [2.05, 4.69) is 27.3 Å². The molecule has 0 saturated heterocycles. The Morgan fingerprint density at radius 3 is 2.94 bits per heavy atom. The second-order valence-corrected chi connectivity index (χ2v) is 6.72. The van der Waals surface area contributed by atoms with E-state index < -0.39 is 0 Å². The number of carbonyl (C=O) groups is 1. The molecule has 0 bridgehead atoms. The molecule has 0 radical (unpaired) electrons. The lowest BCUT2D eigenvalue weighted by Gasteiger charge is -2.05. The smallest absolute Gasteiger partial charge is 0.220 e. The van der Waals surface area contributed by atoms with Crippen molar-refractivity contribution in [2.45, 2.75) is 38.6 Å². The maximum absolute atomic E-state index is 11.5. The van der Waals surface area contributed by atoms with E-state index in [4.69, 9.17) is 5.73 Å². The molecule has 1 rings (SSSR count). The van der Waals surface area contributed by atoms with Crippen LogP contribution in [0.2, 0.25) is 0 Å². The van der Waals surface area contributed by atoms with Crippen LogP contribution in [0.5, 0.6) is 0 Å². The fourth-order valence-corrected chi connectivity index (χ4v) is 2.97. The monoisotopic (exact) mass is 318 g/mol. The maximum atomic E-state index is 11.5. The molecular formula is C12H19BrN2OS. The summed E-state index contributed by atoms with van der Waals surface area (Å²) in [4.78, 5) is 12.7. The van der Waals surface area contributed by atoms with Gasteiger partial charge in [-0.1, -0.05) is 0 Å². The molecule has 96 valence electrons. The van der Waals surface area contributed by atoms with Crippen molar-refractivity contribution in [3.8, 4) is 0 Å². The number of amides is 1. The van der Waals surface area contributed by atoms with Gasteiger partial charge in [0.25, 0.3) is 0 Å². The summed E-state index contributed by atoms with van der Waals surface area (Å²) in [6.07, 6.45) is 3.25. The summed E-state index contributed by atoms with van der Waals surface area (Å²) in [6, 6.07) is 4.30. The highest BCUT2D eigenvalue weighted by molar-refractivity contribution is 9.11. The summed E-state index contributed by atoms with van der Waals surface area (Å²) in [5.41, 5.74) is 5.62. The van der Waals surface area contributed by atoms with Crippen LogP contribution in [0.1, 0.15) is 31.1 Å². The fraction of sp³-hybridized carbons (Fsp3) is 0.583. The highest BCUT2D eigenvalue weighted by Gasteiger charge is 2.03. The fourth-order valence-electron chi connectivity index (χ4n) is 1.48. The molecule has 1 unspecified atom stereocenters. The van der Waals surface area contributed by atoms with E-state index in [0.29, 0.717) is 13.0 Å². The first-order valence-corrected chi connectivity index (χ1v) is 7.45. The normalized spacial score (nSPS) is 12.4. The van der Waals surface area contributed by atoms with Gasteiger partial charge in [-0.15, -0.1) is 11.3 Å². The average Bonchev–Trinajstić information content (AvgIpc) is 2.63. The van der Waals surface area contributed by atoms with Gasteiger partial charge in [0.2, 0.25) is 5.91 Å². The standard InChI is InChI=1S/C12H19BrN2OS/c1-9(14)3-2-4-12(16)15-8-7-10-5-6-11(13)17-10/h5-6,9H,2-4,7-8,14H2,1H3,(H,15,16). The molecule has 3 nitrogen and oxygen atoms in total. The summed E-state index contributed by atoms with van der Waals surface area (Å²) in [5, 5.41) is 2.93. The van der Waals surface area contributed by atoms with E-state index in [-0.39, 0.29) is 11.9 Å². The van der Waals surface area contributed by atoms with Crippen molar-refractivity contribution < 1.29 is 4.79 Å². The number of hydrogen-bond donors (Lipinski definition) is 2. The summed E-state index contributed by atoms with van der Waals surface area (Å²) in [5.74, 6) is 0.126. The molecule has 1 heterocycles. The van der Waals surface area contributed by atoms with Crippen LogP contribution in [0.4, 0.5) is 0 Å². The average molecular weight is 319 g/mol. The molecule has 0 spiro atoms. The number of thiophene rings is 1. The quantitative estimate of drug-likeness (QED) is 0.812. The lowest BCUT2D eigenvalue weighted by molar-refractivity contribution is -0.121. The highest BCUT2D eigenvalue weighted by atomic mass is 79.9. The SMILES string of the molecule is CC(N)CCCC(=O)NCCc1ccc(Br)s1. The van der Waals surface area contributed by atoms with Gasteiger partial charge >= 0.3 is 0 Å². The first-order valence-electron chi connectivity index (χ1n) is 5.84. The minimum atomic E-state index is 0.126. The van der Waals surface area contributed by atoms with Crippen LogP contribution < -0.4 is 11.1 Å². The van der Waals surface area contributed by atoms with Gasteiger partial charge in [0, 0.05) is 23.9 Å². The van der Waals surface area contributed by atoms with Gasteiger partial charge in [-0.05, 0) is 54.2 Å². The number of nitrogens with two attached hydrogens (primary N) is 1. The number of carbonyl (C=O) groups excluding carboxylic acids is 1. The largest absolute Gasteiger partial charge is 0.356 e. The molecule has 0 aromatic carbocycles. The van der Waals surface area contributed by atoms with Gasteiger partial charge in [0.05, 0.1) is 3.79 Å². The van der Waals surface area contributed by atoms with E-state index in [1.54, 1.807) is 11.3 Å². The molecule has 1 atom stereocenters. The Kier molecular flexibility index (Phi) is 6.77. The molecule has 3 N–H and O–H groups in total. The summed E-state index contributed by atoms with van der Waals surface area (Å²) in [6.45, 7) is 2.68. The molecule has 0 saturated carbocycles. The zero-order valence-corrected chi connectivity index (χ0v) is 12.4. The van der Waals surface area contributed by atoms with Crippen LogP contribution in [0.25, 0.3) is 0 Å². The molecule has 17 heavy (non-hydrogen) atoms. The van der Waals surface area contributed by atoms with Crippen molar-refractivity contribution in [2.24, 2.45) is 5.73 Å². The Morgan fingerprint density at radius 1 is 1.59 bits per heavy atom. The van der Waals surface area contributed by atoms with Gasteiger partial charge in [0.15, 0.2) is 0 Å². The topological polar surface area (TPSA) is 55.1 Å². The first-order chi connectivity index (χ1) is 8.08.